The highest BCUT2D eigenvalue weighted by Gasteiger charge is 2.42. The molecule has 0 aromatic rings. The summed E-state index contributed by atoms with van der Waals surface area (Å²) < 4.78 is 49.8. The van der Waals surface area contributed by atoms with Crippen molar-refractivity contribution in [2.75, 3.05) is 14.2 Å². The molecule has 4 bridgehead atoms. The van der Waals surface area contributed by atoms with E-state index < -0.39 is 133 Å². The first-order chi connectivity index (χ1) is 44.6. The van der Waals surface area contributed by atoms with Crippen LogP contribution in [0.25, 0.3) is 0 Å². The minimum absolute atomic E-state index is 0.0576. The second kappa shape index (κ2) is 41.4. The van der Waals surface area contributed by atoms with Crippen molar-refractivity contribution in [3.63, 3.8) is 0 Å². The fraction of sp³-hybridized carbons (Fsp3) is 0.816. The van der Waals surface area contributed by atoms with Crippen LogP contribution < -0.4 is 0 Å². The van der Waals surface area contributed by atoms with Gasteiger partial charge in [0.05, 0.1) is 110 Å². The Morgan fingerprint density at radius 1 is 0.479 bits per heavy atom. The Morgan fingerprint density at radius 3 is 1.19 bits per heavy atom. The van der Waals surface area contributed by atoms with Gasteiger partial charge in [0, 0.05) is 87.6 Å². The van der Waals surface area contributed by atoms with Crippen LogP contribution in [0.4, 0.5) is 0 Å². The number of fused-ring (bicyclic) bond motifs is 4. The van der Waals surface area contributed by atoms with Gasteiger partial charge < -0.3 is 78.7 Å². The van der Waals surface area contributed by atoms with Crippen LogP contribution in [-0.2, 0) is 47.5 Å². The Balaban J connectivity index is 1.36. The van der Waals surface area contributed by atoms with Crippen molar-refractivity contribution in [2.45, 2.75) is 334 Å². The molecule has 28 unspecified atom stereocenters. The Kier molecular flexibility index (Phi) is 35.9. The smallest absolute Gasteiger partial charge is 0.331 e. The number of aliphatic hydroxyl groups is 8. The SMILES string of the molecule is COC1CC2CC=CC(CC(O)CC=C(C)C=CC(=O)OC(C(C)C(O)C(C)CCC3CCCC(C)O3)C(C)C(O)CC(O)C(C)C(OC)CC3CC=CC(CC(O)CC=C(C)C=CC(=O)OC(C(C)C(O)C(C)CCC4CCCC(C)O4)C(C)C(O)CC(O)C1C)O3)O2. The lowest BCUT2D eigenvalue weighted by Crippen LogP contribution is -2.45. The van der Waals surface area contributed by atoms with Gasteiger partial charge >= 0.3 is 11.9 Å². The van der Waals surface area contributed by atoms with Crippen LogP contribution in [-0.4, -0.2) is 189 Å². The van der Waals surface area contributed by atoms with Crippen LogP contribution in [0, 0.1) is 47.3 Å². The number of carbonyl (C=O) groups excluding carboxylic acids is 2. The normalized spacial score (nSPS) is 38.9. The van der Waals surface area contributed by atoms with Crippen LogP contribution in [0.15, 0.2) is 71.9 Å². The Labute approximate surface area is 565 Å². The number of rotatable bonds is 14. The van der Waals surface area contributed by atoms with E-state index in [0.717, 1.165) is 51.4 Å². The summed E-state index contributed by atoms with van der Waals surface area (Å²) >= 11 is 0. The van der Waals surface area contributed by atoms with Crippen LogP contribution >= 0.6 is 0 Å². The van der Waals surface area contributed by atoms with Crippen LogP contribution in [0.2, 0.25) is 0 Å². The van der Waals surface area contributed by atoms with Crippen molar-refractivity contribution in [3.8, 4) is 0 Å². The van der Waals surface area contributed by atoms with Crippen molar-refractivity contribution in [3.05, 3.63) is 71.9 Å². The maximum atomic E-state index is 13.8. The highest BCUT2D eigenvalue weighted by molar-refractivity contribution is 5.83. The highest BCUT2D eigenvalue weighted by Crippen LogP contribution is 2.36. The molecule has 5 rings (SSSR count). The van der Waals surface area contributed by atoms with Crippen molar-refractivity contribution in [2.24, 2.45) is 47.3 Å². The Bertz CT molecular complexity index is 2210. The van der Waals surface area contributed by atoms with Gasteiger partial charge in [0.15, 0.2) is 0 Å². The molecule has 0 aliphatic carbocycles. The summed E-state index contributed by atoms with van der Waals surface area (Å²) in [5.41, 5.74) is 1.41. The molecule has 5 aliphatic rings. The average Bonchev–Trinajstić information content (AvgIpc) is 1.21. The predicted octanol–water partition coefficient (Wildman–Crippen LogP) is 10.9. The number of cyclic esters (lactones) is 2. The molecule has 28 atom stereocenters. The molecule has 0 radical (unpaired) electrons. The van der Waals surface area contributed by atoms with Crippen LogP contribution in [0.1, 0.15) is 212 Å². The summed E-state index contributed by atoms with van der Waals surface area (Å²) in [6, 6.07) is 0. The van der Waals surface area contributed by atoms with Crippen LogP contribution in [0.3, 0.4) is 0 Å². The second-order valence-electron chi connectivity index (χ2n) is 29.5. The minimum atomic E-state index is -1.14. The largest absolute Gasteiger partial charge is 0.458 e. The van der Waals surface area contributed by atoms with E-state index in [-0.39, 0.29) is 74.1 Å². The standard InChI is InChI=1S/C76H128O18/c1-45-27-33-57(77)39-61-23-17-25-63(91-61)41-69(87-13)52(8)66(80)44-68(82)54(10)76(56(12)74(86)48(4)32-36-60-22-16-20-50(6)90-60)94-72(84)38-30-46(2)28-34-58(78)40-62-24-18-26-64(92-62)42-70(88-14)51(7)65(79)43-67(81)53(9)75(93-71(83)37-29-45)55(11)73(85)47(3)31-35-59-21-15-19-49(5)89-59/h17-18,23-24,27-30,37-38,47-70,73-82,85-86H,15-16,19-22,25-26,31-36,39-44H2,1-14H3. The fourth-order valence-electron chi connectivity index (χ4n) is 14.8. The molecule has 18 heteroatoms. The van der Waals surface area contributed by atoms with Gasteiger partial charge in [-0.2, -0.15) is 0 Å². The third-order valence-electron chi connectivity index (χ3n) is 21.6. The molecule has 0 aromatic heterocycles. The summed E-state index contributed by atoms with van der Waals surface area (Å²) in [6.45, 7) is 22.8. The van der Waals surface area contributed by atoms with E-state index in [1.165, 1.54) is 12.2 Å². The first kappa shape index (κ1) is 81.5. The van der Waals surface area contributed by atoms with E-state index in [1.54, 1.807) is 40.2 Å². The van der Waals surface area contributed by atoms with E-state index in [2.05, 4.69) is 13.8 Å². The zero-order valence-electron chi connectivity index (χ0n) is 59.7. The van der Waals surface area contributed by atoms with E-state index in [1.807, 2.05) is 91.8 Å². The molecule has 94 heavy (non-hydrogen) atoms. The molecule has 0 amide bonds. The van der Waals surface area contributed by atoms with Gasteiger partial charge in [-0.25, -0.2) is 9.59 Å². The molecular weight excluding hydrogens is 1200 g/mol. The van der Waals surface area contributed by atoms with E-state index in [9.17, 15) is 50.4 Å². The zero-order chi connectivity index (χ0) is 69.3. The summed E-state index contributed by atoms with van der Waals surface area (Å²) in [5, 5.41) is 94.0. The lowest BCUT2D eigenvalue weighted by molar-refractivity contribution is -0.158. The average molecular weight is 1330 g/mol. The van der Waals surface area contributed by atoms with Gasteiger partial charge in [-0.05, 0) is 142 Å². The zero-order valence-corrected chi connectivity index (χ0v) is 59.7. The summed E-state index contributed by atoms with van der Waals surface area (Å²) in [7, 11) is 3.17. The number of aliphatic hydroxyl groups excluding tert-OH is 8. The molecule has 18 nitrogen and oxygen atoms in total. The van der Waals surface area contributed by atoms with E-state index >= 15 is 0 Å². The number of esters is 2. The van der Waals surface area contributed by atoms with Gasteiger partial charge in [0.1, 0.15) is 12.2 Å². The molecule has 2 saturated heterocycles. The van der Waals surface area contributed by atoms with Gasteiger partial charge in [-0.1, -0.05) is 115 Å². The third-order valence-corrected chi connectivity index (χ3v) is 21.6. The fourth-order valence-corrected chi connectivity index (χ4v) is 14.8. The number of methoxy groups -OCH3 is 2. The quantitative estimate of drug-likeness (QED) is 0.0593. The topological polar surface area (TPSA) is 270 Å². The lowest BCUT2D eigenvalue weighted by Gasteiger charge is -2.38. The van der Waals surface area contributed by atoms with Gasteiger partial charge in [0.2, 0.25) is 0 Å². The van der Waals surface area contributed by atoms with Crippen molar-refractivity contribution >= 4 is 11.9 Å². The molecule has 2 fully saturated rings. The second-order valence-corrected chi connectivity index (χ2v) is 29.5. The summed E-state index contributed by atoms with van der Waals surface area (Å²) in [5.74, 6) is -5.22. The molecule has 540 valence electrons. The maximum Gasteiger partial charge on any atom is 0.331 e. The van der Waals surface area contributed by atoms with Crippen molar-refractivity contribution < 1.29 is 88.3 Å². The number of hydrogen-bond acceptors (Lipinski definition) is 18. The van der Waals surface area contributed by atoms with E-state index in [0.29, 0.717) is 62.5 Å². The molecule has 0 spiro atoms. The first-order valence-electron chi connectivity index (χ1n) is 36.1. The minimum Gasteiger partial charge on any atom is -0.458 e. The summed E-state index contributed by atoms with van der Waals surface area (Å²) in [6.07, 6.45) is 18.4. The third kappa shape index (κ3) is 27.2. The number of hydrogen-bond donors (Lipinski definition) is 8. The molecule has 0 saturated carbocycles. The molecule has 8 N–H and O–H groups in total. The number of ether oxygens (including phenoxy) is 8. The van der Waals surface area contributed by atoms with Gasteiger partial charge in [-0.3, -0.25) is 0 Å². The first-order valence-corrected chi connectivity index (χ1v) is 36.1. The molecule has 0 aromatic carbocycles. The molecule has 5 aliphatic heterocycles. The van der Waals surface area contributed by atoms with Crippen LogP contribution in [0.5, 0.6) is 0 Å². The van der Waals surface area contributed by atoms with Gasteiger partial charge in [0.25, 0.3) is 0 Å². The summed E-state index contributed by atoms with van der Waals surface area (Å²) in [4.78, 5) is 27.7. The predicted molar refractivity (Wildman–Crippen MR) is 365 cm³/mol. The van der Waals surface area contributed by atoms with E-state index in [4.69, 9.17) is 37.9 Å². The number of carbonyl (C=O) groups is 2. The number of allylic oxidation sites excluding steroid dienone is 4. The lowest BCUT2D eigenvalue weighted by atomic mass is 9.78. The van der Waals surface area contributed by atoms with Gasteiger partial charge in [-0.15, -0.1) is 0 Å². The highest BCUT2D eigenvalue weighted by atomic mass is 16.6. The maximum absolute atomic E-state index is 13.8. The van der Waals surface area contributed by atoms with Crippen molar-refractivity contribution in [1.82, 2.24) is 0 Å². The molecule has 5 heterocycles. The Hall–Kier alpha value is -3.18. The van der Waals surface area contributed by atoms with Crippen molar-refractivity contribution in [1.29, 1.82) is 0 Å². The molecular formula is C76H128O18. The monoisotopic (exact) mass is 1330 g/mol. The Morgan fingerprint density at radius 2 is 0.840 bits per heavy atom.